The first-order valence-electron chi connectivity index (χ1n) is 6.20. The highest BCUT2D eigenvalue weighted by molar-refractivity contribution is 6.30. The van der Waals surface area contributed by atoms with E-state index in [2.05, 4.69) is 15.2 Å². The van der Waals surface area contributed by atoms with Crippen LogP contribution >= 0.6 is 11.6 Å². The minimum absolute atomic E-state index is 0.224. The minimum atomic E-state index is -0.676. The number of H-pyrrole nitrogens is 1. The summed E-state index contributed by atoms with van der Waals surface area (Å²) in [6.07, 6.45) is 1.41. The highest BCUT2D eigenvalue weighted by Gasteiger charge is 2.53. The second kappa shape index (κ2) is 4.79. The number of halogens is 1. The lowest BCUT2D eigenvalue weighted by Gasteiger charge is -2.04. The van der Waals surface area contributed by atoms with Crippen LogP contribution in [0.4, 0.5) is 0 Å². The Morgan fingerprint density at radius 3 is 2.95 bits per heavy atom. The molecule has 0 saturated heterocycles. The van der Waals surface area contributed by atoms with Crippen molar-refractivity contribution in [3.63, 3.8) is 0 Å². The van der Waals surface area contributed by atoms with Gasteiger partial charge in [-0.25, -0.2) is 4.98 Å². The molecule has 1 aromatic carbocycles. The van der Waals surface area contributed by atoms with E-state index in [0.29, 0.717) is 35.3 Å². The number of rotatable bonds is 5. The summed E-state index contributed by atoms with van der Waals surface area (Å²) in [5, 5.41) is 7.43. The molecular formula is C13H13ClN4O2. The zero-order valence-corrected chi connectivity index (χ0v) is 11.4. The van der Waals surface area contributed by atoms with Gasteiger partial charge in [0.25, 0.3) is 0 Å². The minimum Gasteiger partial charge on any atom is -0.486 e. The molecule has 1 heterocycles. The number of hydrogen-bond donors (Lipinski definition) is 2. The summed E-state index contributed by atoms with van der Waals surface area (Å²) in [5.41, 5.74) is 4.70. The van der Waals surface area contributed by atoms with Gasteiger partial charge in [-0.1, -0.05) is 17.7 Å². The number of nitrogens with zero attached hydrogens (tertiary/aromatic N) is 2. The van der Waals surface area contributed by atoms with Crippen molar-refractivity contribution in [2.24, 2.45) is 5.73 Å². The van der Waals surface area contributed by atoms with E-state index in [1.807, 2.05) is 0 Å². The molecule has 3 rings (SSSR count). The van der Waals surface area contributed by atoms with E-state index in [0.717, 1.165) is 0 Å². The van der Waals surface area contributed by atoms with E-state index in [-0.39, 0.29) is 12.5 Å². The molecule has 3 N–H and O–H groups in total. The highest BCUT2D eigenvalue weighted by Crippen LogP contribution is 2.46. The second-order valence-corrected chi connectivity index (χ2v) is 5.23. The van der Waals surface area contributed by atoms with E-state index in [4.69, 9.17) is 22.1 Å². The van der Waals surface area contributed by atoms with E-state index < -0.39 is 5.41 Å². The van der Waals surface area contributed by atoms with Crippen molar-refractivity contribution in [3.8, 4) is 5.75 Å². The van der Waals surface area contributed by atoms with Gasteiger partial charge in [0.15, 0.2) is 11.6 Å². The van der Waals surface area contributed by atoms with Crippen molar-refractivity contribution in [2.45, 2.75) is 24.9 Å². The fraction of sp³-hybridized carbons (Fsp3) is 0.308. The summed E-state index contributed by atoms with van der Waals surface area (Å²) in [4.78, 5) is 15.7. The number of nitrogens with one attached hydrogen (secondary N) is 1. The van der Waals surface area contributed by atoms with Gasteiger partial charge in [0.05, 0.1) is 0 Å². The number of benzene rings is 1. The molecule has 1 aromatic heterocycles. The maximum absolute atomic E-state index is 11.4. The van der Waals surface area contributed by atoms with Gasteiger partial charge in [-0.15, -0.1) is 0 Å². The largest absolute Gasteiger partial charge is 0.486 e. The lowest BCUT2D eigenvalue weighted by atomic mass is 10.1. The number of aromatic nitrogens is 3. The van der Waals surface area contributed by atoms with Gasteiger partial charge in [-0.05, 0) is 31.0 Å². The standard InChI is InChI=1S/C13H13ClN4O2/c14-8-2-1-3-9(6-8)20-7-10-16-12(18-17-10)13(4-5-13)11(15)19/h1-3,6H,4-5,7H2,(H2,15,19)(H,16,17,18). The molecule has 1 aliphatic carbocycles. The van der Waals surface area contributed by atoms with Gasteiger partial charge in [0.2, 0.25) is 5.91 Å². The molecule has 0 spiro atoms. The van der Waals surface area contributed by atoms with E-state index in [1.54, 1.807) is 24.3 Å². The van der Waals surface area contributed by atoms with Crippen LogP contribution in [0.1, 0.15) is 24.5 Å². The van der Waals surface area contributed by atoms with Gasteiger partial charge in [0, 0.05) is 5.02 Å². The van der Waals surface area contributed by atoms with Gasteiger partial charge in [0.1, 0.15) is 17.8 Å². The number of ether oxygens (including phenoxy) is 1. The van der Waals surface area contributed by atoms with E-state index >= 15 is 0 Å². The van der Waals surface area contributed by atoms with Crippen molar-refractivity contribution in [3.05, 3.63) is 40.9 Å². The average Bonchev–Trinajstić information content (AvgIpc) is 3.10. The summed E-state index contributed by atoms with van der Waals surface area (Å²) in [6, 6.07) is 7.08. The molecule has 20 heavy (non-hydrogen) atoms. The Bertz CT molecular complexity index is 651. The number of carbonyl (C=O) groups excluding carboxylic acids is 1. The van der Waals surface area contributed by atoms with E-state index in [9.17, 15) is 4.79 Å². The highest BCUT2D eigenvalue weighted by atomic mass is 35.5. The molecule has 1 aliphatic rings. The molecule has 0 atom stereocenters. The average molecular weight is 293 g/mol. The van der Waals surface area contributed by atoms with Crippen LogP contribution in [-0.2, 0) is 16.8 Å². The summed E-state index contributed by atoms with van der Waals surface area (Å²) in [6.45, 7) is 0.224. The van der Waals surface area contributed by atoms with Gasteiger partial charge in [-0.3, -0.25) is 9.89 Å². The predicted octanol–water partition coefficient (Wildman–Crippen LogP) is 1.55. The fourth-order valence-corrected chi connectivity index (χ4v) is 2.17. The van der Waals surface area contributed by atoms with Crippen molar-refractivity contribution in [1.29, 1.82) is 0 Å². The Hall–Kier alpha value is -2.08. The molecule has 0 bridgehead atoms. The fourth-order valence-electron chi connectivity index (χ4n) is 1.99. The van der Waals surface area contributed by atoms with Gasteiger partial charge < -0.3 is 10.5 Å². The van der Waals surface area contributed by atoms with Gasteiger partial charge >= 0.3 is 0 Å². The molecule has 0 radical (unpaired) electrons. The van der Waals surface area contributed by atoms with Crippen LogP contribution in [-0.4, -0.2) is 21.1 Å². The quantitative estimate of drug-likeness (QED) is 0.874. The number of carbonyl (C=O) groups is 1. The summed E-state index contributed by atoms with van der Waals surface area (Å²) >= 11 is 5.87. The van der Waals surface area contributed by atoms with Crippen LogP contribution < -0.4 is 10.5 Å². The Morgan fingerprint density at radius 2 is 2.30 bits per heavy atom. The lowest BCUT2D eigenvalue weighted by molar-refractivity contribution is -0.120. The molecular weight excluding hydrogens is 280 g/mol. The molecule has 1 amide bonds. The molecule has 2 aromatic rings. The third-order valence-corrected chi connectivity index (χ3v) is 3.59. The first-order chi connectivity index (χ1) is 9.60. The Kier molecular flexibility index (Phi) is 3.10. The van der Waals surface area contributed by atoms with Crippen LogP contribution in [0.15, 0.2) is 24.3 Å². The second-order valence-electron chi connectivity index (χ2n) is 4.80. The van der Waals surface area contributed by atoms with Crippen LogP contribution in [0.2, 0.25) is 5.02 Å². The maximum atomic E-state index is 11.4. The number of primary amides is 1. The third-order valence-electron chi connectivity index (χ3n) is 3.35. The van der Waals surface area contributed by atoms with Crippen molar-refractivity contribution >= 4 is 17.5 Å². The predicted molar refractivity (Wildman–Crippen MR) is 72.3 cm³/mol. The summed E-state index contributed by atoms with van der Waals surface area (Å²) in [7, 11) is 0. The number of amides is 1. The summed E-state index contributed by atoms with van der Waals surface area (Å²) in [5.74, 6) is 1.27. The van der Waals surface area contributed by atoms with Crippen molar-refractivity contribution in [1.82, 2.24) is 15.2 Å². The Labute approximate surface area is 120 Å². The van der Waals surface area contributed by atoms with Crippen LogP contribution in [0.5, 0.6) is 5.75 Å². The SMILES string of the molecule is NC(=O)C1(c2n[nH]c(COc3cccc(Cl)c3)n2)CC1. The topological polar surface area (TPSA) is 93.9 Å². The maximum Gasteiger partial charge on any atom is 0.231 e. The monoisotopic (exact) mass is 292 g/mol. The Balaban J connectivity index is 1.68. The van der Waals surface area contributed by atoms with Crippen LogP contribution in [0.3, 0.4) is 0 Å². The van der Waals surface area contributed by atoms with E-state index in [1.165, 1.54) is 0 Å². The van der Waals surface area contributed by atoms with Gasteiger partial charge in [-0.2, -0.15) is 5.10 Å². The molecule has 104 valence electrons. The molecule has 0 aliphatic heterocycles. The third kappa shape index (κ3) is 2.34. The molecule has 7 heteroatoms. The molecule has 0 unspecified atom stereocenters. The smallest absolute Gasteiger partial charge is 0.231 e. The zero-order valence-electron chi connectivity index (χ0n) is 10.6. The van der Waals surface area contributed by atoms with Crippen LogP contribution in [0, 0.1) is 0 Å². The van der Waals surface area contributed by atoms with Crippen molar-refractivity contribution < 1.29 is 9.53 Å². The first kappa shape index (κ1) is 12.9. The normalized spacial score (nSPS) is 15.8. The number of aromatic amines is 1. The lowest BCUT2D eigenvalue weighted by Crippen LogP contribution is -2.29. The zero-order chi connectivity index (χ0) is 14.2. The molecule has 6 nitrogen and oxygen atoms in total. The van der Waals surface area contributed by atoms with Crippen LogP contribution in [0.25, 0.3) is 0 Å². The summed E-state index contributed by atoms with van der Waals surface area (Å²) < 4.78 is 5.55. The number of hydrogen-bond acceptors (Lipinski definition) is 4. The number of nitrogens with two attached hydrogens (primary N) is 1. The van der Waals surface area contributed by atoms with Crippen molar-refractivity contribution in [2.75, 3.05) is 0 Å². The molecule has 1 fully saturated rings. The molecule has 1 saturated carbocycles. The first-order valence-corrected chi connectivity index (χ1v) is 6.58. The Morgan fingerprint density at radius 1 is 1.50 bits per heavy atom.